The molecule has 4 N–H and O–H groups in total. The Labute approximate surface area is 273 Å². The van der Waals surface area contributed by atoms with E-state index in [-0.39, 0.29) is 43.2 Å². The third-order valence-electron chi connectivity index (χ3n) is 8.47. The fourth-order valence-electron chi connectivity index (χ4n) is 6.14. The Kier molecular flexibility index (Phi) is 10.3. The van der Waals surface area contributed by atoms with Crippen molar-refractivity contribution in [1.29, 1.82) is 0 Å². The van der Waals surface area contributed by atoms with Crippen LogP contribution in [-0.4, -0.2) is 91.4 Å². The number of nitrogens with one attached hydrogen (secondary N) is 1. The standard InChI is InChI=1S/C35H40N4O8/c1-22(2)18-30-34(44)38-29(20-25-10-14-27(41)15-11-25)33(43)37(21-31(38)39(47-30)35(45)46)28(19-24-8-12-26(40)13-9-24)32(42)36-17-16-23-6-4-3-5-7-23/h3-15,22,28-31,40-41H,16-21H2,1-2H3,(H,36,42)(H,45,46)/t28-,29-,30+,31?/m0/s1. The maximum Gasteiger partial charge on any atom is 0.433 e. The molecule has 4 atom stereocenters. The van der Waals surface area contributed by atoms with E-state index in [1.54, 1.807) is 24.3 Å². The summed E-state index contributed by atoms with van der Waals surface area (Å²) >= 11 is 0. The van der Waals surface area contributed by atoms with Crippen molar-refractivity contribution in [2.24, 2.45) is 5.92 Å². The number of rotatable bonds is 11. The number of hydroxylamine groups is 2. The zero-order chi connectivity index (χ0) is 33.7. The number of aromatic hydroxyl groups is 2. The van der Waals surface area contributed by atoms with Crippen LogP contribution in [0.4, 0.5) is 4.79 Å². The number of benzene rings is 3. The second-order valence-corrected chi connectivity index (χ2v) is 12.3. The highest BCUT2D eigenvalue weighted by Gasteiger charge is 2.54. The number of amides is 4. The Hall–Kier alpha value is -5.10. The SMILES string of the molecule is CC(C)C[C@H]1ON(C(=O)O)C2CN([C@@H](Cc3ccc(O)cc3)C(=O)NCCc3ccccc3)C(=O)[C@H](Cc3ccc(O)cc3)N2C1=O. The van der Waals surface area contributed by atoms with Crippen LogP contribution >= 0.6 is 0 Å². The van der Waals surface area contributed by atoms with Gasteiger partial charge < -0.3 is 30.4 Å². The maximum absolute atomic E-state index is 14.5. The van der Waals surface area contributed by atoms with Crippen molar-refractivity contribution in [3.05, 3.63) is 95.6 Å². The van der Waals surface area contributed by atoms with Crippen LogP contribution in [0.25, 0.3) is 0 Å². The maximum atomic E-state index is 14.5. The number of hydrogen-bond acceptors (Lipinski definition) is 7. The summed E-state index contributed by atoms with van der Waals surface area (Å²) in [6, 6.07) is 19.9. The first kappa shape index (κ1) is 33.3. The highest BCUT2D eigenvalue weighted by Crippen LogP contribution is 2.32. The summed E-state index contributed by atoms with van der Waals surface area (Å²) in [6.45, 7) is 3.76. The van der Waals surface area contributed by atoms with Gasteiger partial charge in [-0.1, -0.05) is 68.4 Å². The molecular formula is C35H40N4O8. The molecule has 47 heavy (non-hydrogen) atoms. The van der Waals surface area contributed by atoms with Gasteiger partial charge in [0.05, 0.1) is 6.54 Å². The average molecular weight is 645 g/mol. The van der Waals surface area contributed by atoms with E-state index in [0.29, 0.717) is 24.1 Å². The molecule has 5 rings (SSSR count). The monoisotopic (exact) mass is 644 g/mol. The third kappa shape index (κ3) is 7.83. The van der Waals surface area contributed by atoms with Gasteiger partial charge in [-0.2, -0.15) is 5.06 Å². The average Bonchev–Trinajstić information content (AvgIpc) is 3.04. The first-order valence-corrected chi connectivity index (χ1v) is 15.7. The lowest BCUT2D eigenvalue weighted by atomic mass is 9.94. The van der Waals surface area contributed by atoms with E-state index >= 15 is 0 Å². The minimum Gasteiger partial charge on any atom is -0.508 e. The molecule has 2 fully saturated rings. The first-order chi connectivity index (χ1) is 22.5. The second-order valence-electron chi connectivity index (χ2n) is 12.3. The van der Waals surface area contributed by atoms with Gasteiger partial charge >= 0.3 is 6.09 Å². The van der Waals surface area contributed by atoms with Gasteiger partial charge in [0.2, 0.25) is 11.8 Å². The van der Waals surface area contributed by atoms with Gasteiger partial charge in [0.15, 0.2) is 12.3 Å². The number of carbonyl (C=O) groups is 4. The summed E-state index contributed by atoms with van der Waals surface area (Å²) in [5, 5.41) is 33.6. The summed E-state index contributed by atoms with van der Waals surface area (Å²) in [4.78, 5) is 63.4. The quantitative estimate of drug-likeness (QED) is 0.247. The Morgan fingerprint density at radius 3 is 2.09 bits per heavy atom. The van der Waals surface area contributed by atoms with E-state index in [4.69, 9.17) is 4.84 Å². The summed E-state index contributed by atoms with van der Waals surface area (Å²) in [6.07, 6.45) is -2.88. The van der Waals surface area contributed by atoms with Crippen molar-refractivity contribution in [3.63, 3.8) is 0 Å². The number of carboxylic acid groups (broad SMARTS) is 1. The number of hydrogen-bond donors (Lipinski definition) is 4. The summed E-state index contributed by atoms with van der Waals surface area (Å²) in [5.41, 5.74) is 2.32. The fraction of sp³-hybridized carbons (Fsp3) is 0.371. The molecule has 0 aliphatic carbocycles. The smallest absolute Gasteiger partial charge is 0.433 e. The van der Waals surface area contributed by atoms with Crippen molar-refractivity contribution in [2.75, 3.05) is 13.1 Å². The van der Waals surface area contributed by atoms with Gasteiger partial charge in [-0.25, -0.2) is 4.79 Å². The van der Waals surface area contributed by atoms with Gasteiger partial charge in [-0.05, 0) is 59.7 Å². The molecule has 2 aliphatic heterocycles. The van der Waals surface area contributed by atoms with Crippen LogP contribution in [0, 0.1) is 5.92 Å². The molecule has 0 radical (unpaired) electrons. The number of phenols is 2. The largest absolute Gasteiger partial charge is 0.508 e. The highest BCUT2D eigenvalue weighted by atomic mass is 16.7. The highest BCUT2D eigenvalue weighted by molar-refractivity contribution is 5.95. The van der Waals surface area contributed by atoms with Crippen LogP contribution < -0.4 is 5.32 Å². The minimum atomic E-state index is -1.43. The predicted octanol–water partition coefficient (Wildman–Crippen LogP) is 3.32. The van der Waals surface area contributed by atoms with Gasteiger partial charge in [0, 0.05) is 19.4 Å². The van der Waals surface area contributed by atoms with Crippen LogP contribution in [-0.2, 0) is 38.5 Å². The Bertz CT molecular complexity index is 1560. The molecule has 0 aromatic heterocycles. The third-order valence-corrected chi connectivity index (χ3v) is 8.47. The Balaban J connectivity index is 1.51. The van der Waals surface area contributed by atoms with Gasteiger partial charge in [-0.3, -0.25) is 19.2 Å². The van der Waals surface area contributed by atoms with Crippen molar-refractivity contribution >= 4 is 23.8 Å². The zero-order valence-electron chi connectivity index (χ0n) is 26.4. The predicted molar refractivity (Wildman–Crippen MR) is 171 cm³/mol. The van der Waals surface area contributed by atoms with E-state index in [1.807, 2.05) is 44.2 Å². The Morgan fingerprint density at radius 2 is 1.49 bits per heavy atom. The molecule has 0 spiro atoms. The molecule has 12 nitrogen and oxygen atoms in total. The van der Waals surface area contributed by atoms with E-state index in [9.17, 15) is 34.5 Å². The normalized spacial score (nSPS) is 20.2. The molecule has 2 heterocycles. The fourth-order valence-corrected chi connectivity index (χ4v) is 6.14. The number of phenolic OH excluding ortho intramolecular Hbond substituents is 2. The topological polar surface area (TPSA) is 160 Å². The summed E-state index contributed by atoms with van der Waals surface area (Å²) in [7, 11) is 0. The van der Waals surface area contributed by atoms with E-state index < -0.39 is 48.2 Å². The number of carbonyl (C=O) groups excluding carboxylic acids is 3. The lowest BCUT2D eigenvalue weighted by molar-refractivity contribution is -0.267. The molecule has 12 heteroatoms. The van der Waals surface area contributed by atoms with Gasteiger partial charge in [0.1, 0.15) is 23.6 Å². The first-order valence-electron chi connectivity index (χ1n) is 15.7. The van der Waals surface area contributed by atoms with Crippen LogP contribution in [0.15, 0.2) is 78.9 Å². The molecule has 4 amide bonds. The van der Waals surface area contributed by atoms with Crippen LogP contribution in [0.3, 0.4) is 0 Å². The molecule has 2 saturated heterocycles. The van der Waals surface area contributed by atoms with Crippen molar-refractivity contribution in [2.45, 2.75) is 63.9 Å². The van der Waals surface area contributed by atoms with Crippen molar-refractivity contribution in [3.8, 4) is 11.5 Å². The molecule has 248 valence electrons. The summed E-state index contributed by atoms with van der Waals surface area (Å²) < 4.78 is 0. The van der Waals surface area contributed by atoms with Crippen LogP contribution in [0.1, 0.15) is 37.0 Å². The van der Waals surface area contributed by atoms with E-state index in [1.165, 1.54) is 34.1 Å². The summed E-state index contributed by atoms with van der Waals surface area (Å²) in [5.74, 6) is -1.39. The lowest BCUT2D eigenvalue weighted by Crippen LogP contribution is -2.75. The van der Waals surface area contributed by atoms with E-state index in [0.717, 1.165) is 10.6 Å². The van der Waals surface area contributed by atoms with Crippen LogP contribution in [0.5, 0.6) is 11.5 Å². The van der Waals surface area contributed by atoms with Crippen molar-refractivity contribution < 1.29 is 39.3 Å². The Morgan fingerprint density at radius 1 is 0.872 bits per heavy atom. The molecule has 3 aromatic rings. The van der Waals surface area contributed by atoms with Gasteiger partial charge in [-0.15, -0.1) is 0 Å². The van der Waals surface area contributed by atoms with Gasteiger partial charge in [0.25, 0.3) is 5.91 Å². The zero-order valence-corrected chi connectivity index (χ0v) is 26.4. The van der Waals surface area contributed by atoms with E-state index in [2.05, 4.69) is 5.32 Å². The minimum absolute atomic E-state index is 0.00189. The molecule has 0 bridgehead atoms. The number of fused-ring (bicyclic) bond motifs is 1. The second kappa shape index (κ2) is 14.5. The van der Waals surface area contributed by atoms with Crippen molar-refractivity contribution in [1.82, 2.24) is 20.2 Å². The molecular weight excluding hydrogens is 604 g/mol. The molecule has 1 unspecified atom stereocenters. The number of piperazine rings is 1. The number of nitrogens with zero attached hydrogens (tertiary/aromatic N) is 3. The molecule has 3 aromatic carbocycles. The lowest BCUT2D eigenvalue weighted by Gasteiger charge is -2.53. The van der Waals surface area contributed by atoms with Crippen LogP contribution in [0.2, 0.25) is 0 Å². The molecule has 0 saturated carbocycles. The molecule has 2 aliphatic rings.